The molecule has 2 aromatic rings. The van der Waals surface area contributed by atoms with Crippen molar-refractivity contribution in [1.82, 2.24) is 5.32 Å². The van der Waals surface area contributed by atoms with E-state index < -0.39 is 0 Å². The van der Waals surface area contributed by atoms with Gasteiger partial charge in [-0.2, -0.15) is 0 Å². The summed E-state index contributed by atoms with van der Waals surface area (Å²) in [7, 11) is 1.66. The van der Waals surface area contributed by atoms with Gasteiger partial charge in [0.25, 0.3) is 0 Å². The average molecular weight is 428 g/mol. The zero-order chi connectivity index (χ0) is 22.5. The second-order valence-corrected chi connectivity index (χ2v) is 6.90. The van der Waals surface area contributed by atoms with Crippen molar-refractivity contribution < 1.29 is 9.47 Å². The number of hydrogen-bond acceptors (Lipinski definition) is 5. The van der Waals surface area contributed by atoms with Crippen molar-refractivity contribution in [2.45, 2.75) is 19.4 Å². The number of nitrogens with two attached hydrogens (primary N) is 4. The number of ether oxygens (including phenoxy) is 2. The van der Waals surface area contributed by atoms with Gasteiger partial charge in [-0.3, -0.25) is 9.98 Å². The van der Waals surface area contributed by atoms with E-state index in [9.17, 15) is 0 Å². The van der Waals surface area contributed by atoms with Gasteiger partial charge in [-0.15, -0.1) is 0 Å². The van der Waals surface area contributed by atoms with E-state index in [4.69, 9.17) is 32.4 Å². The first kappa shape index (κ1) is 23.8. The first-order chi connectivity index (χ1) is 15.0. The molecule has 0 saturated carbocycles. The normalized spacial score (nSPS) is 10.4. The lowest BCUT2D eigenvalue weighted by atomic mass is 10.0. The highest BCUT2D eigenvalue weighted by molar-refractivity contribution is 5.75. The lowest BCUT2D eigenvalue weighted by molar-refractivity contribution is 0.324. The molecule has 0 fully saturated rings. The second kappa shape index (κ2) is 13.0. The van der Waals surface area contributed by atoms with Gasteiger partial charge in [0.15, 0.2) is 11.9 Å². The molecule has 0 radical (unpaired) electrons. The highest BCUT2D eigenvalue weighted by atomic mass is 16.5. The second-order valence-electron chi connectivity index (χ2n) is 6.90. The molecule has 0 aliphatic carbocycles. The molecule has 0 aromatic heterocycles. The van der Waals surface area contributed by atoms with Gasteiger partial charge in [-0.25, -0.2) is 0 Å². The van der Waals surface area contributed by atoms with Crippen LogP contribution in [0.2, 0.25) is 0 Å². The van der Waals surface area contributed by atoms with Crippen LogP contribution in [0.5, 0.6) is 11.5 Å². The summed E-state index contributed by atoms with van der Waals surface area (Å²) < 4.78 is 11.2. The quantitative estimate of drug-likeness (QED) is 0.182. The van der Waals surface area contributed by atoms with E-state index in [1.807, 2.05) is 36.4 Å². The summed E-state index contributed by atoms with van der Waals surface area (Å²) in [5.41, 5.74) is 24.7. The van der Waals surface area contributed by atoms with Crippen LogP contribution in [0.1, 0.15) is 18.4 Å². The number of aliphatic imine (C=N–C) groups is 2. The maximum absolute atomic E-state index is 5.91. The van der Waals surface area contributed by atoms with Crippen molar-refractivity contribution in [2.24, 2.45) is 32.9 Å². The van der Waals surface area contributed by atoms with Crippen LogP contribution in [0.4, 0.5) is 0 Å². The number of benzene rings is 2. The molecule has 0 spiro atoms. The Kier molecular flexibility index (Phi) is 9.96. The molecule has 0 heterocycles. The smallest absolute Gasteiger partial charge is 0.186 e. The summed E-state index contributed by atoms with van der Waals surface area (Å²) in [5.74, 6) is 1.81. The number of nitrogens with one attached hydrogen (secondary N) is 1. The summed E-state index contributed by atoms with van der Waals surface area (Å²) in [6.07, 6.45) is 1.88. The Morgan fingerprint density at radius 2 is 1.55 bits per heavy atom. The highest BCUT2D eigenvalue weighted by Crippen LogP contribution is 2.28. The van der Waals surface area contributed by atoms with Gasteiger partial charge >= 0.3 is 0 Å². The van der Waals surface area contributed by atoms with Crippen LogP contribution in [-0.2, 0) is 6.54 Å². The van der Waals surface area contributed by atoms with E-state index in [0.29, 0.717) is 26.2 Å². The van der Waals surface area contributed by atoms with Crippen LogP contribution in [0.15, 0.2) is 52.4 Å². The lowest BCUT2D eigenvalue weighted by Gasteiger charge is -2.14. The molecule has 168 valence electrons. The molecular formula is C22H33N7O2. The fourth-order valence-corrected chi connectivity index (χ4v) is 2.94. The van der Waals surface area contributed by atoms with Gasteiger partial charge in [-0.1, -0.05) is 18.2 Å². The van der Waals surface area contributed by atoms with E-state index in [-0.39, 0.29) is 11.9 Å². The lowest BCUT2D eigenvalue weighted by Crippen LogP contribution is -2.23. The Labute approximate surface area is 183 Å². The maximum Gasteiger partial charge on any atom is 0.186 e. The molecule has 0 atom stereocenters. The Hall–Kier alpha value is -3.46. The molecule has 2 aromatic carbocycles. The molecule has 9 N–H and O–H groups in total. The average Bonchev–Trinajstić information content (AvgIpc) is 2.76. The van der Waals surface area contributed by atoms with Gasteiger partial charge in [0.05, 0.1) is 13.7 Å². The minimum Gasteiger partial charge on any atom is -0.497 e. The Bertz CT molecular complexity index is 859. The van der Waals surface area contributed by atoms with Crippen LogP contribution in [0.25, 0.3) is 11.1 Å². The number of rotatable bonds is 13. The molecule has 0 aliphatic heterocycles. The van der Waals surface area contributed by atoms with Gasteiger partial charge in [0, 0.05) is 18.7 Å². The maximum atomic E-state index is 5.91. The predicted molar refractivity (Wildman–Crippen MR) is 126 cm³/mol. The van der Waals surface area contributed by atoms with E-state index in [2.05, 4.69) is 21.4 Å². The molecule has 0 saturated heterocycles. The predicted octanol–water partition coefficient (Wildman–Crippen LogP) is 1.16. The summed E-state index contributed by atoms with van der Waals surface area (Å²) in [6.45, 7) is 2.95. The fourth-order valence-electron chi connectivity index (χ4n) is 2.94. The fraction of sp³-hybridized carbons (Fsp3) is 0.364. The van der Waals surface area contributed by atoms with Crippen molar-refractivity contribution in [1.29, 1.82) is 0 Å². The van der Waals surface area contributed by atoms with E-state index in [1.165, 1.54) is 0 Å². The van der Waals surface area contributed by atoms with Crippen molar-refractivity contribution in [3.63, 3.8) is 0 Å². The highest BCUT2D eigenvalue weighted by Gasteiger charge is 2.08. The van der Waals surface area contributed by atoms with Gasteiger partial charge in [0.2, 0.25) is 0 Å². The molecule has 0 amide bonds. The van der Waals surface area contributed by atoms with Gasteiger partial charge < -0.3 is 37.7 Å². The van der Waals surface area contributed by atoms with Crippen molar-refractivity contribution in [3.8, 4) is 22.6 Å². The third-order valence-electron chi connectivity index (χ3n) is 4.50. The standard InChI is InChI=1S/C22H33N7O2/c1-30-19-7-4-16(5-8-19)17-6-9-20(31-13-12-29-22(25)26)18(14-17)15-27-10-2-3-11-28-21(23)24/h4-9,14,27H,2-3,10-13,15H2,1H3,(H4,23,24,28)(H4,25,26,29). The van der Waals surface area contributed by atoms with Crippen LogP contribution in [-0.4, -0.2) is 45.3 Å². The molecule has 31 heavy (non-hydrogen) atoms. The molecule has 0 bridgehead atoms. The first-order valence-electron chi connectivity index (χ1n) is 10.2. The molecule has 0 aliphatic rings. The minimum absolute atomic E-state index is 0.0565. The van der Waals surface area contributed by atoms with Crippen molar-refractivity contribution >= 4 is 11.9 Å². The van der Waals surface area contributed by atoms with Gasteiger partial charge in [0.1, 0.15) is 18.1 Å². The Balaban J connectivity index is 2.03. The summed E-state index contributed by atoms with van der Waals surface area (Å²) in [6, 6.07) is 14.1. The van der Waals surface area contributed by atoms with Crippen LogP contribution >= 0.6 is 0 Å². The van der Waals surface area contributed by atoms with Crippen LogP contribution < -0.4 is 37.7 Å². The topological polar surface area (TPSA) is 159 Å². The van der Waals surface area contributed by atoms with Crippen molar-refractivity contribution in [2.75, 3.05) is 33.4 Å². The number of methoxy groups -OCH3 is 1. The summed E-state index contributed by atoms with van der Waals surface area (Å²) in [5, 5.41) is 3.46. The van der Waals surface area contributed by atoms with Crippen LogP contribution in [0, 0.1) is 0 Å². The number of unbranched alkanes of at least 4 members (excludes halogenated alkanes) is 1. The monoisotopic (exact) mass is 427 g/mol. The number of hydrogen-bond donors (Lipinski definition) is 5. The Morgan fingerprint density at radius 1 is 0.871 bits per heavy atom. The third kappa shape index (κ3) is 8.83. The molecule has 9 nitrogen and oxygen atoms in total. The van der Waals surface area contributed by atoms with Crippen molar-refractivity contribution in [3.05, 3.63) is 48.0 Å². The molecule has 0 unspecified atom stereocenters. The zero-order valence-corrected chi connectivity index (χ0v) is 18.0. The van der Waals surface area contributed by atoms with E-state index in [0.717, 1.165) is 47.6 Å². The third-order valence-corrected chi connectivity index (χ3v) is 4.50. The number of guanidine groups is 2. The SMILES string of the molecule is COc1ccc(-c2ccc(OCCN=C(N)N)c(CNCCCCN=C(N)N)c2)cc1. The van der Waals surface area contributed by atoms with E-state index >= 15 is 0 Å². The number of nitrogens with zero attached hydrogens (tertiary/aromatic N) is 2. The summed E-state index contributed by atoms with van der Waals surface area (Å²) >= 11 is 0. The zero-order valence-electron chi connectivity index (χ0n) is 18.0. The molecular weight excluding hydrogens is 394 g/mol. The van der Waals surface area contributed by atoms with Crippen LogP contribution in [0.3, 0.4) is 0 Å². The Morgan fingerprint density at radius 3 is 2.23 bits per heavy atom. The first-order valence-corrected chi connectivity index (χ1v) is 10.2. The summed E-state index contributed by atoms with van der Waals surface area (Å²) in [4.78, 5) is 7.95. The van der Waals surface area contributed by atoms with E-state index in [1.54, 1.807) is 7.11 Å². The largest absolute Gasteiger partial charge is 0.497 e. The minimum atomic E-state index is 0.0565. The van der Waals surface area contributed by atoms with Gasteiger partial charge in [-0.05, 0) is 54.8 Å². The molecule has 2 rings (SSSR count). The molecule has 9 heteroatoms.